The van der Waals surface area contributed by atoms with E-state index in [0.717, 1.165) is 22.6 Å². The van der Waals surface area contributed by atoms with Crippen LogP contribution in [0.1, 0.15) is 11.3 Å². The van der Waals surface area contributed by atoms with Crippen LogP contribution < -0.4 is 14.8 Å². The Morgan fingerprint density at radius 1 is 1.29 bits per heavy atom. The summed E-state index contributed by atoms with van der Waals surface area (Å²) in [5.74, 6) is 1.89. The molecule has 144 valence electrons. The summed E-state index contributed by atoms with van der Waals surface area (Å²) in [7, 11) is 1.62. The first kappa shape index (κ1) is 18.4. The maximum absolute atomic E-state index is 12.4. The number of nitrogens with zero attached hydrogens (tertiary/aromatic N) is 1. The number of hydrogen-bond acceptors (Lipinski definition) is 5. The lowest BCUT2D eigenvalue weighted by molar-refractivity contribution is -0.121. The molecular weight excluding hydrogens is 380 g/mol. The van der Waals surface area contributed by atoms with Crippen LogP contribution in [0.4, 0.5) is 0 Å². The number of aromatic nitrogens is 1. The average Bonchev–Trinajstić information content (AvgIpc) is 3.16. The van der Waals surface area contributed by atoms with Crippen LogP contribution in [-0.4, -0.2) is 30.6 Å². The number of fused-ring (bicyclic) bond motifs is 1. The van der Waals surface area contributed by atoms with Crippen LogP contribution >= 0.6 is 11.6 Å². The highest BCUT2D eigenvalue weighted by molar-refractivity contribution is 6.30. The van der Waals surface area contributed by atoms with Gasteiger partial charge in [-0.05, 0) is 42.3 Å². The Balaban J connectivity index is 1.35. The fourth-order valence-corrected chi connectivity index (χ4v) is 3.25. The smallest absolute Gasteiger partial charge is 0.226 e. The third-order valence-corrected chi connectivity index (χ3v) is 4.78. The van der Waals surface area contributed by atoms with E-state index in [1.807, 2.05) is 30.3 Å². The summed E-state index contributed by atoms with van der Waals surface area (Å²) < 4.78 is 16.4. The molecule has 1 aromatic heterocycles. The van der Waals surface area contributed by atoms with Crippen molar-refractivity contribution in [1.29, 1.82) is 0 Å². The number of amides is 1. The van der Waals surface area contributed by atoms with E-state index in [1.54, 1.807) is 19.2 Å². The molecule has 28 heavy (non-hydrogen) atoms. The van der Waals surface area contributed by atoms with E-state index in [-0.39, 0.29) is 18.4 Å². The van der Waals surface area contributed by atoms with Gasteiger partial charge in [0.05, 0.1) is 25.3 Å². The van der Waals surface area contributed by atoms with Crippen LogP contribution in [0.15, 0.2) is 53.1 Å². The molecule has 1 aliphatic rings. The minimum absolute atomic E-state index is 0.0870. The summed E-state index contributed by atoms with van der Waals surface area (Å²) in [6.45, 7) is 0.417. The van der Waals surface area contributed by atoms with Crippen LogP contribution in [0.25, 0.3) is 11.5 Å². The van der Waals surface area contributed by atoms with Gasteiger partial charge in [0.25, 0.3) is 0 Å². The van der Waals surface area contributed by atoms with Gasteiger partial charge in [0.1, 0.15) is 24.4 Å². The number of hydrogen-bond donors (Lipinski definition) is 1. The molecule has 1 aliphatic heterocycles. The van der Waals surface area contributed by atoms with Gasteiger partial charge in [0.2, 0.25) is 11.8 Å². The van der Waals surface area contributed by atoms with Crippen LogP contribution in [0.3, 0.4) is 0 Å². The second kappa shape index (κ2) is 7.94. The summed E-state index contributed by atoms with van der Waals surface area (Å²) in [5, 5.41) is 3.64. The van der Waals surface area contributed by atoms with Gasteiger partial charge in [-0.25, -0.2) is 4.98 Å². The third-order valence-electron chi connectivity index (χ3n) is 4.53. The zero-order valence-electron chi connectivity index (χ0n) is 15.3. The Hall–Kier alpha value is -2.99. The summed E-state index contributed by atoms with van der Waals surface area (Å²) >= 11 is 5.89. The van der Waals surface area contributed by atoms with E-state index in [2.05, 4.69) is 10.3 Å². The number of rotatable bonds is 5. The number of carbonyl (C=O) groups excluding carboxylic acids is 1. The monoisotopic (exact) mass is 398 g/mol. The van der Waals surface area contributed by atoms with Crippen molar-refractivity contribution in [2.24, 2.45) is 0 Å². The number of halogens is 1. The van der Waals surface area contributed by atoms with Crippen LogP contribution in [-0.2, 0) is 17.6 Å². The Labute approximate surface area is 167 Å². The minimum Gasteiger partial charge on any atom is -0.497 e. The lowest BCUT2D eigenvalue weighted by Gasteiger charge is -2.26. The first-order chi connectivity index (χ1) is 13.6. The lowest BCUT2D eigenvalue weighted by atomic mass is 10.0. The molecular formula is C21H19ClN2O4. The van der Waals surface area contributed by atoms with Crippen molar-refractivity contribution < 1.29 is 18.7 Å². The largest absolute Gasteiger partial charge is 0.497 e. The van der Waals surface area contributed by atoms with Gasteiger partial charge in [-0.15, -0.1) is 0 Å². The quantitative estimate of drug-likeness (QED) is 0.709. The van der Waals surface area contributed by atoms with Gasteiger partial charge in [0.15, 0.2) is 0 Å². The molecule has 1 amide bonds. The van der Waals surface area contributed by atoms with E-state index < -0.39 is 0 Å². The lowest BCUT2D eigenvalue weighted by Crippen LogP contribution is -2.43. The number of nitrogens with one attached hydrogen (secondary N) is 1. The molecule has 0 saturated heterocycles. The molecule has 0 radical (unpaired) electrons. The SMILES string of the molecule is COc1ccc2c(c1)OCC(NC(=O)Cc1coc(-c3ccc(Cl)cc3)n1)C2. The number of benzene rings is 2. The first-order valence-electron chi connectivity index (χ1n) is 8.90. The van der Waals surface area contributed by atoms with E-state index in [1.165, 1.54) is 6.26 Å². The van der Waals surface area contributed by atoms with E-state index in [4.69, 9.17) is 25.5 Å². The number of carbonyl (C=O) groups is 1. The molecule has 7 heteroatoms. The van der Waals surface area contributed by atoms with Gasteiger partial charge in [-0.1, -0.05) is 17.7 Å². The van der Waals surface area contributed by atoms with E-state index >= 15 is 0 Å². The predicted octanol–water partition coefficient (Wildman–Crippen LogP) is 3.67. The zero-order chi connectivity index (χ0) is 19.5. The molecule has 6 nitrogen and oxygen atoms in total. The Bertz CT molecular complexity index is 984. The molecule has 2 aromatic carbocycles. The van der Waals surface area contributed by atoms with Crippen LogP contribution in [0.2, 0.25) is 5.02 Å². The second-order valence-corrected chi connectivity index (χ2v) is 7.02. The van der Waals surface area contributed by atoms with Gasteiger partial charge in [-0.3, -0.25) is 4.79 Å². The summed E-state index contributed by atoms with van der Waals surface area (Å²) in [5.41, 5.74) is 2.43. The number of methoxy groups -OCH3 is 1. The van der Waals surface area contributed by atoms with Crippen molar-refractivity contribution in [3.63, 3.8) is 0 Å². The normalized spacial score (nSPS) is 15.4. The third kappa shape index (κ3) is 4.12. The second-order valence-electron chi connectivity index (χ2n) is 6.58. The Kier molecular flexibility index (Phi) is 5.21. The molecule has 0 saturated carbocycles. The predicted molar refractivity (Wildman–Crippen MR) is 105 cm³/mol. The molecule has 0 fully saturated rings. The molecule has 2 heterocycles. The first-order valence-corrected chi connectivity index (χ1v) is 9.28. The summed E-state index contributed by atoms with van der Waals surface area (Å²) in [6, 6.07) is 12.8. The number of ether oxygens (including phenoxy) is 2. The van der Waals surface area contributed by atoms with Crippen molar-refractivity contribution in [1.82, 2.24) is 10.3 Å². The van der Waals surface area contributed by atoms with Crippen molar-refractivity contribution in [3.8, 4) is 23.0 Å². The van der Waals surface area contributed by atoms with Crippen molar-refractivity contribution in [2.45, 2.75) is 18.9 Å². The molecule has 0 spiro atoms. The zero-order valence-corrected chi connectivity index (χ0v) is 16.0. The van der Waals surface area contributed by atoms with Crippen LogP contribution in [0.5, 0.6) is 11.5 Å². The highest BCUT2D eigenvalue weighted by Crippen LogP contribution is 2.29. The Morgan fingerprint density at radius 2 is 2.11 bits per heavy atom. The molecule has 1 atom stereocenters. The topological polar surface area (TPSA) is 73.6 Å². The van der Waals surface area contributed by atoms with Crippen molar-refractivity contribution >= 4 is 17.5 Å². The van der Waals surface area contributed by atoms with Crippen molar-refractivity contribution in [2.75, 3.05) is 13.7 Å². The fraction of sp³-hybridized carbons (Fsp3) is 0.238. The van der Waals surface area contributed by atoms with Gasteiger partial charge in [0, 0.05) is 16.7 Å². The van der Waals surface area contributed by atoms with Gasteiger partial charge >= 0.3 is 0 Å². The molecule has 1 N–H and O–H groups in total. The standard InChI is InChI=1S/C21H19ClN2O4/c1-26-18-7-4-14-8-16(11-27-19(14)10-18)23-20(25)9-17-12-28-21(24-17)13-2-5-15(22)6-3-13/h2-7,10,12,16H,8-9,11H2,1H3,(H,23,25). The Morgan fingerprint density at radius 3 is 2.89 bits per heavy atom. The minimum atomic E-state index is -0.124. The van der Waals surface area contributed by atoms with Gasteiger partial charge in [-0.2, -0.15) is 0 Å². The van der Waals surface area contributed by atoms with Crippen molar-refractivity contribution in [3.05, 3.63) is 65.0 Å². The van der Waals surface area contributed by atoms with Gasteiger partial charge < -0.3 is 19.2 Å². The fourth-order valence-electron chi connectivity index (χ4n) is 3.13. The molecule has 0 bridgehead atoms. The molecule has 3 aromatic rings. The summed E-state index contributed by atoms with van der Waals surface area (Å²) in [4.78, 5) is 16.8. The highest BCUT2D eigenvalue weighted by Gasteiger charge is 2.22. The van der Waals surface area contributed by atoms with E-state index in [0.29, 0.717) is 29.6 Å². The maximum Gasteiger partial charge on any atom is 0.226 e. The molecule has 1 unspecified atom stereocenters. The molecule has 0 aliphatic carbocycles. The number of oxazole rings is 1. The van der Waals surface area contributed by atoms with Crippen LogP contribution in [0, 0.1) is 0 Å². The average molecular weight is 399 g/mol. The summed E-state index contributed by atoms with van der Waals surface area (Å²) in [6.07, 6.45) is 2.35. The van der Waals surface area contributed by atoms with E-state index in [9.17, 15) is 4.79 Å². The maximum atomic E-state index is 12.4. The molecule has 4 rings (SSSR count). The highest BCUT2D eigenvalue weighted by atomic mass is 35.5.